The Morgan fingerprint density at radius 2 is 1.92 bits per heavy atom. The molecular weight excluding hydrogens is 357 g/mol. The van der Waals surface area contributed by atoms with Crippen LogP contribution in [0.15, 0.2) is 47.6 Å². The first-order chi connectivity index (χ1) is 11.5. The third kappa shape index (κ3) is 4.94. The molecule has 0 atom stereocenters. The zero-order valence-electron chi connectivity index (χ0n) is 12.1. The average Bonchev–Trinajstić information content (AvgIpc) is 2.54. The Kier molecular flexibility index (Phi) is 6.11. The molecule has 2 aromatic rings. The number of hydrogen-bond donors (Lipinski definition) is 1. The number of hydrogen-bond acceptors (Lipinski definition) is 5. The van der Waals surface area contributed by atoms with Crippen molar-refractivity contribution in [3.05, 3.63) is 68.2 Å². The van der Waals surface area contributed by atoms with Crippen LogP contribution in [0.2, 0.25) is 10.0 Å². The Morgan fingerprint density at radius 1 is 1.25 bits per heavy atom. The van der Waals surface area contributed by atoms with Crippen molar-refractivity contribution < 1.29 is 14.6 Å². The largest absolute Gasteiger partial charge is 0.391 e. The topological polar surface area (TPSA) is 93.8 Å². The quantitative estimate of drug-likeness (QED) is 0.473. The fraction of sp³-hybridized carbons (Fsp3) is 0.0667. The molecule has 0 bridgehead atoms. The van der Waals surface area contributed by atoms with E-state index >= 15 is 0 Å². The number of nitro benzene ring substituents is 1. The van der Waals surface area contributed by atoms with Crippen LogP contribution in [0.3, 0.4) is 0 Å². The Balaban J connectivity index is 1.89. The van der Waals surface area contributed by atoms with Gasteiger partial charge in [-0.15, -0.1) is 0 Å². The van der Waals surface area contributed by atoms with E-state index in [9.17, 15) is 14.9 Å². The number of nitrogens with zero attached hydrogens (tertiary/aromatic N) is 2. The number of carbonyl (C=O) groups excluding carboxylic acids is 1. The molecule has 0 radical (unpaired) electrons. The number of non-ortho nitro benzene ring substituents is 1. The lowest BCUT2D eigenvalue weighted by molar-refractivity contribution is -0.384. The highest BCUT2D eigenvalue weighted by molar-refractivity contribution is 6.36. The number of nitro groups is 1. The molecular formula is C15H11Cl2N3O4. The standard InChI is InChI=1S/C15H11Cl2N3O4/c16-13-5-2-6-14(17)12(13)9-24-18-8-15(21)19-10-3-1-4-11(7-10)20(22)23/h1-8H,9H2,(H,19,21)/b18-8-. The van der Waals surface area contributed by atoms with Crippen LogP contribution in [0.5, 0.6) is 0 Å². The summed E-state index contributed by atoms with van der Waals surface area (Å²) in [6.07, 6.45) is 0.906. The van der Waals surface area contributed by atoms with Crippen molar-refractivity contribution in [2.75, 3.05) is 5.32 Å². The minimum absolute atomic E-state index is 0.000897. The van der Waals surface area contributed by atoms with Gasteiger partial charge in [-0.25, -0.2) is 0 Å². The van der Waals surface area contributed by atoms with Crippen LogP contribution >= 0.6 is 23.2 Å². The van der Waals surface area contributed by atoms with Crippen LogP contribution < -0.4 is 5.32 Å². The van der Waals surface area contributed by atoms with E-state index in [1.165, 1.54) is 24.3 Å². The summed E-state index contributed by atoms with van der Waals surface area (Å²) < 4.78 is 0. The molecule has 2 aromatic carbocycles. The molecule has 124 valence electrons. The molecule has 0 unspecified atom stereocenters. The van der Waals surface area contributed by atoms with Crippen LogP contribution in [0.1, 0.15) is 5.56 Å². The lowest BCUT2D eigenvalue weighted by Gasteiger charge is -2.05. The second-order valence-electron chi connectivity index (χ2n) is 4.50. The summed E-state index contributed by atoms with van der Waals surface area (Å²) in [6, 6.07) is 10.5. The number of rotatable bonds is 6. The maximum absolute atomic E-state index is 11.7. The fourth-order valence-corrected chi connectivity index (χ4v) is 2.24. The zero-order chi connectivity index (χ0) is 17.5. The maximum atomic E-state index is 11.7. The summed E-state index contributed by atoms with van der Waals surface area (Å²) in [5, 5.41) is 17.5. The van der Waals surface area contributed by atoms with Gasteiger partial charge in [-0.05, 0) is 18.2 Å². The van der Waals surface area contributed by atoms with Crippen LogP contribution in [0.4, 0.5) is 11.4 Å². The minimum Gasteiger partial charge on any atom is -0.391 e. The van der Waals surface area contributed by atoms with E-state index in [-0.39, 0.29) is 18.0 Å². The lowest BCUT2D eigenvalue weighted by atomic mass is 10.2. The first-order valence-corrected chi connectivity index (χ1v) is 7.36. The van der Waals surface area contributed by atoms with Gasteiger partial charge in [-0.1, -0.05) is 40.5 Å². The van der Waals surface area contributed by atoms with Crippen molar-refractivity contribution in [2.45, 2.75) is 6.61 Å². The van der Waals surface area contributed by atoms with Gasteiger partial charge in [0.05, 0.1) is 4.92 Å². The monoisotopic (exact) mass is 367 g/mol. The van der Waals surface area contributed by atoms with Crippen LogP contribution in [0.25, 0.3) is 0 Å². The number of carbonyl (C=O) groups is 1. The molecule has 7 nitrogen and oxygen atoms in total. The van der Waals surface area contributed by atoms with Gasteiger partial charge in [0.15, 0.2) is 0 Å². The first kappa shape index (κ1) is 17.7. The number of nitrogens with one attached hydrogen (secondary N) is 1. The molecule has 0 heterocycles. The number of amides is 1. The summed E-state index contributed by atoms with van der Waals surface area (Å²) in [6.45, 7) is -0.000897. The van der Waals surface area contributed by atoms with Crippen molar-refractivity contribution in [1.29, 1.82) is 0 Å². The number of benzene rings is 2. The van der Waals surface area contributed by atoms with E-state index in [0.717, 1.165) is 6.21 Å². The van der Waals surface area contributed by atoms with Crippen molar-refractivity contribution in [2.24, 2.45) is 5.16 Å². The molecule has 0 aromatic heterocycles. The molecule has 0 saturated carbocycles. The number of oxime groups is 1. The Morgan fingerprint density at radius 3 is 2.58 bits per heavy atom. The maximum Gasteiger partial charge on any atom is 0.271 e. The van der Waals surface area contributed by atoms with Gasteiger partial charge >= 0.3 is 0 Å². The molecule has 0 fully saturated rings. The van der Waals surface area contributed by atoms with Crippen molar-refractivity contribution >= 4 is 46.7 Å². The third-order valence-corrected chi connectivity index (χ3v) is 3.55. The summed E-state index contributed by atoms with van der Waals surface area (Å²) in [5.74, 6) is -0.597. The first-order valence-electron chi connectivity index (χ1n) is 6.61. The minimum atomic E-state index is -0.597. The van der Waals surface area contributed by atoms with Gasteiger partial charge in [-0.3, -0.25) is 14.9 Å². The highest BCUT2D eigenvalue weighted by atomic mass is 35.5. The van der Waals surface area contributed by atoms with Gasteiger partial charge in [0.1, 0.15) is 12.8 Å². The van der Waals surface area contributed by atoms with Gasteiger partial charge in [0.2, 0.25) is 0 Å². The third-order valence-electron chi connectivity index (χ3n) is 2.84. The summed E-state index contributed by atoms with van der Waals surface area (Å²) in [5.41, 5.74) is 0.696. The van der Waals surface area contributed by atoms with E-state index < -0.39 is 10.8 Å². The fourth-order valence-electron chi connectivity index (χ4n) is 1.73. The zero-order valence-corrected chi connectivity index (χ0v) is 13.6. The Labute approximate surface area is 147 Å². The lowest BCUT2D eigenvalue weighted by Crippen LogP contribution is -2.12. The molecule has 0 aliphatic heterocycles. The summed E-state index contributed by atoms with van der Waals surface area (Å²) in [7, 11) is 0. The molecule has 0 spiro atoms. The number of anilines is 1. The second kappa shape index (κ2) is 8.28. The van der Waals surface area contributed by atoms with Gasteiger partial charge in [-0.2, -0.15) is 0 Å². The Hall–Kier alpha value is -2.64. The van der Waals surface area contributed by atoms with Crippen LogP contribution in [-0.4, -0.2) is 17.0 Å². The molecule has 0 aliphatic carbocycles. The van der Waals surface area contributed by atoms with E-state index in [0.29, 0.717) is 15.6 Å². The molecule has 1 amide bonds. The van der Waals surface area contributed by atoms with E-state index in [1.807, 2.05) is 0 Å². The Bertz CT molecular complexity index is 776. The highest BCUT2D eigenvalue weighted by Gasteiger charge is 2.08. The molecule has 0 saturated heterocycles. The van der Waals surface area contributed by atoms with Crippen LogP contribution in [0, 0.1) is 10.1 Å². The summed E-state index contributed by atoms with van der Waals surface area (Å²) in [4.78, 5) is 26.8. The summed E-state index contributed by atoms with van der Waals surface area (Å²) >= 11 is 11.9. The average molecular weight is 368 g/mol. The molecule has 1 N–H and O–H groups in total. The van der Waals surface area contributed by atoms with Crippen molar-refractivity contribution in [3.63, 3.8) is 0 Å². The predicted molar refractivity (Wildman–Crippen MR) is 91.5 cm³/mol. The van der Waals surface area contributed by atoms with Gasteiger partial charge in [0, 0.05) is 33.4 Å². The van der Waals surface area contributed by atoms with E-state index in [2.05, 4.69) is 10.5 Å². The molecule has 0 aliphatic rings. The molecule has 2 rings (SSSR count). The van der Waals surface area contributed by atoms with Crippen LogP contribution in [-0.2, 0) is 16.2 Å². The SMILES string of the molecule is O=C(/C=N\OCc1c(Cl)cccc1Cl)Nc1cccc([N+](=O)[O-])c1. The highest BCUT2D eigenvalue weighted by Crippen LogP contribution is 2.24. The van der Waals surface area contributed by atoms with Crippen molar-refractivity contribution in [1.82, 2.24) is 0 Å². The number of halogens is 2. The van der Waals surface area contributed by atoms with E-state index in [1.54, 1.807) is 18.2 Å². The molecule has 24 heavy (non-hydrogen) atoms. The van der Waals surface area contributed by atoms with Gasteiger partial charge < -0.3 is 10.2 Å². The predicted octanol–water partition coefficient (Wildman–Crippen LogP) is 4.04. The normalized spacial score (nSPS) is 10.6. The van der Waals surface area contributed by atoms with Gasteiger partial charge in [0.25, 0.3) is 11.6 Å². The smallest absolute Gasteiger partial charge is 0.271 e. The molecule has 9 heteroatoms. The second-order valence-corrected chi connectivity index (χ2v) is 5.32. The van der Waals surface area contributed by atoms with E-state index in [4.69, 9.17) is 28.0 Å². The van der Waals surface area contributed by atoms with Crippen molar-refractivity contribution in [3.8, 4) is 0 Å².